The maximum absolute atomic E-state index is 12.3. The molecule has 2 N–H and O–H groups in total. The Morgan fingerprint density at radius 2 is 1.89 bits per heavy atom. The van der Waals surface area contributed by atoms with E-state index in [-0.39, 0.29) is 12.5 Å². The summed E-state index contributed by atoms with van der Waals surface area (Å²) in [5.74, 6) is -0.200. The van der Waals surface area contributed by atoms with E-state index >= 15 is 0 Å². The molecule has 0 bridgehead atoms. The molecule has 1 amide bonds. The Morgan fingerprint density at radius 3 is 2.47 bits per heavy atom. The molecule has 5 heteroatoms. The predicted molar refractivity (Wildman–Crippen MR) is 75.6 cm³/mol. The molecule has 104 valence electrons. The topological polar surface area (TPSA) is 64.2 Å². The summed E-state index contributed by atoms with van der Waals surface area (Å²) in [6.07, 6.45) is 0. The fourth-order valence-electron chi connectivity index (χ4n) is 2.41. The Morgan fingerprint density at radius 1 is 1.32 bits per heavy atom. The van der Waals surface area contributed by atoms with Crippen molar-refractivity contribution in [2.75, 3.05) is 38.0 Å². The summed E-state index contributed by atoms with van der Waals surface area (Å²) < 4.78 is -0.427. The van der Waals surface area contributed by atoms with E-state index < -0.39 is 4.65 Å². The van der Waals surface area contributed by atoms with Gasteiger partial charge in [0.15, 0.2) is 6.54 Å². The highest BCUT2D eigenvalue weighted by Gasteiger charge is 2.24. The molecule has 0 atom stereocenters. The number of nitrogens with zero attached hydrogens (tertiary/aromatic N) is 1. The van der Waals surface area contributed by atoms with Crippen LogP contribution in [0.5, 0.6) is 0 Å². The van der Waals surface area contributed by atoms with E-state index in [0.717, 1.165) is 16.8 Å². The lowest BCUT2D eigenvalue weighted by molar-refractivity contribution is -0.874. The van der Waals surface area contributed by atoms with Crippen molar-refractivity contribution in [1.29, 1.82) is 0 Å². The first kappa shape index (κ1) is 14.0. The fraction of sp³-hybridized carbons (Fsp3) is 0.500. The number of benzene rings is 1. The molecule has 0 unspecified atom stereocenters. The van der Waals surface area contributed by atoms with E-state index in [1.54, 1.807) is 0 Å². The summed E-state index contributed by atoms with van der Waals surface area (Å²) in [6.45, 7) is 6.18. The summed E-state index contributed by atoms with van der Waals surface area (Å²) in [7, 11) is 0. The number of rotatable bonds is 3. The van der Waals surface area contributed by atoms with Crippen molar-refractivity contribution in [3.63, 3.8) is 0 Å². The molecule has 19 heavy (non-hydrogen) atoms. The molecule has 1 aromatic rings. The number of quaternary nitrogens is 1. The largest absolute Gasteiger partial charge is 0.632 e. The molecule has 1 aliphatic heterocycles. The molecular formula is C14H21N3O2. The van der Waals surface area contributed by atoms with Gasteiger partial charge in [0.25, 0.3) is 5.91 Å². The first-order valence-corrected chi connectivity index (χ1v) is 6.64. The number of hydrogen-bond acceptors (Lipinski definition) is 3. The maximum Gasteiger partial charge on any atom is 0.279 e. The van der Waals surface area contributed by atoms with Crippen LogP contribution in [0.15, 0.2) is 18.2 Å². The van der Waals surface area contributed by atoms with Crippen LogP contribution in [0.2, 0.25) is 0 Å². The van der Waals surface area contributed by atoms with E-state index in [0.29, 0.717) is 26.2 Å². The minimum Gasteiger partial charge on any atom is -0.632 e. The number of hydrogen-bond donors (Lipinski definition) is 2. The minimum atomic E-state index is -0.427. The van der Waals surface area contributed by atoms with Crippen molar-refractivity contribution in [3.05, 3.63) is 34.5 Å². The number of para-hydroxylation sites is 1. The Bertz CT molecular complexity index is 448. The molecule has 1 heterocycles. The molecule has 0 saturated carbocycles. The molecule has 1 saturated heterocycles. The van der Waals surface area contributed by atoms with Gasteiger partial charge in [0.2, 0.25) is 0 Å². The van der Waals surface area contributed by atoms with Crippen LogP contribution in [0.4, 0.5) is 5.69 Å². The number of carbonyl (C=O) groups is 1. The van der Waals surface area contributed by atoms with Gasteiger partial charge in [-0.15, -0.1) is 0 Å². The smallest absolute Gasteiger partial charge is 0.279 e. The Labute approximate surface area is 113 Å². The molecular weight excluding hydrogens is 242 g/mol. The van der Waals surface area contributed by atoms with E-state index in [1.807, 2.05) is 32.0 Å². The Kier molecular flexibility index (Phi) is 4.19. The van der Waals surface area contributed by atoms with Crippen LogP contribution in [0.1, 0.15) is 11.1 Å². The molecule has 5 nitrogen and oxygen atoms in total. The molecule has 1 fully saturated rings. The summed E-state index contributed by atoms with van der Waals surface area (Å²) in [5, 5.41) is 18.3. The van der Waals surface area contributed by atoms with E-state index in [2.05, 4.69) is 10.6 Å². The highest BCUT2D eigenvalue weighted by Crippen LogP contribution is 2.19. The van der Waals surface area contributed by atoms with Crippen LogP contribution in [-0.4, -0.2) is 43.3 Å². The Balaban J connectivity index is 2.01. The second-order valence-electron chi connectivity index (χ2n) is 5.23. The van der Waals surface area contributed by atoms with Crippen molar-refractivity contribution < 1.29 is 9.44 Å². The van der Waals surface area contributed by atoms with Crippen molar-refractivity contribution >= 4 is 11.6 Å². The number of piperazine rings is 1. The first-order valence-electron chi connectivity index (χ1n) is 6.64. The summed E-state index contributed by atoms with van der Waals surface area (Å²) in [6, 6.07) is 5.86. The summed E-state index contributed by atoms with van der Waals surface area (Å²) in [5.41, 5.74) is 2.87. The van der Waals surface area contributed by atoms with Gasteiger partial charge in [0, 0.05) is 18.8 Å². The number of aryl methyl sites for hydroxylation is 2. The average Bonchev–Trinajstić information content (AvgIpc) is 2.34. The van der Waals surface area contributed by atoms with Gasteiger partial charge in [-0.3, -0.25) is 4.79 Å². The fourth-order valence-corrected chi connectivity index (χ4v) is 2.41. The maximum atomic E-state index is 12.3. The second-order valence-corrected chi connectivity index (χ2v) is 5.23. The van der Waals surface area contributed by atoms with Gasteiger partial charge in [-0.2, -0.15) is 0 Å². The third kappa shape index (κ3) is 3.53. The highest BCUT2D eigenvalue weighted by molar-refractivity contribution is 5.93. The van der Waals surface area contributed by atoms with Crippen LogP contribution in [0, 0.1) is 19.1 Å². The lowest BCUT2D eigenvalue weighted by Gasteiger charge is -2.44. The third-order valence-electron chi connectivity index (χ3n) is 3.57. The zero-order valence-corrected chi connectivity index (χ0v) is 11.5. The number of carbonyl (C=O) groups excluding carboxylic acids is 1. The zero-order valence-electron chi connectivity index (χ0n) is 11.5. The molecule has 0 aromatic heterocycles. The SMILES string of the molecule is Cc1cccc(C)c1NC(=O)C[N+]1([O-])CCNCC1. The number of hydroxylamine groups is 3. The van der Waals surface area contributed by atoms with Crippen molar-refractivity contribution in [2.24, 2.45) is 0 Å². The summed E-state index contributed by atoms with van der Waals surface area (Å²) in [4.78, 5) is 12.0. The van der Waals surface area contributed by atoms with Gasteiger partial charge in [0.1, 0.15) is 0 Å². The molecule has 1 aliphatic rings. The first-order chi connectivity index (χ1) is 9.00. The number of amides is 1. The van der Waals surface area contributed by atoms with Crippen LogP contribution < -0.4 is 10.6 Å². The Hall–Kier alpha value is -1.43. The van der Waals surface area contributed by atoms with Crippen molar-refractivity contribution in [1.82, 2.24) is 5.32 Å². The summed E-state index contributed by atoms with van der Waals surface area (Å²) >= 11 is 0. The normalized spacial score (nSPS) is 18.1. The van der Waals surface area contributed by atoms with Crippen LogP contribution >= 0.6 is 0 Å². The molecule has 2 rings (SSSR count). The van der Waals surface area contributed by atoms with Gasteiger partial charge in [-0.25, -0.2) is 0 Å². The second kappa shape index (κ2) is 5.69. The van der Waals surface area contributed by atoms with Gasteiger partial charge < -0.3 is 20.5 Å². The minimum absolute atomic E-state index is 0.00451. The van der Waals surface area contributed by atoms with Crippen LogP contribution in [-0.2, 0) is 4.79 Å². The highest BCUT2D eigenvalue weighted by atomic mass is 16.5. The molecule has 0 radical (unpaired) electrons. The lowest BCUT2D eigenvalue weighted by atomic mass is 10.1. The van der Waals surface area contributed by atoms with Gasteiger partial charge in [-0.1, -0.05) is 18.2 Å². The van der Waals surface area contributed by atoms with E-state index in [1.165, 1.54) is 0 Å². The van der Waals surface area contributed by atoms with Crippen molar-refractivity contribution in [2.45, 2.75) is 13.8 Å². The van der Waals surface area contributed by atoms with Gasteiger partial charge >= 0.3 is 0 Å². The monoisotopic (exact) mass is 263 g/mol. The molecule has 0 spiro atoms. The van der Waals surface area contributed by atoms with Crippen molar-refractivity contribution in [3.8, 4) is 0 Å². The standard InChI is InChI=1S/C14H21N3O2/c1-11-4-3-5-12(2)14(11)16-13(18)10-17(19)8-6-15-7-9-17/h3-5,15H,6-10H2,1-2H3,(H,16,18). The van der Waals surface area contributed by atoms with Gasteiger partial charge in [0.05, 0.1) is 13.1 Å². The average molecular weight is 263 g/mol. The van der Waals surface area contributed by atoms with Crippen LogP contribution in [0.3, 0.4) is 0 Å². The number of anilines is 1. The predicted octanol–water partition coefficient (Wildman–Crippen LogP) is 1.16. The molecule has 1 aromatic carbocycles. The van der Waals surface area contributed by atoms with E-state index in [4.69, 9.17) is 0 Å². The quantitative estimate of drug-likeness (QED) is 0.635. The number of nitrogens with one attached hydrogen (secondary N) is 2. The van der Waals surface area contributed by atoms with E-state index in [9.17, 15) is 10.0 Å². The lowest BCUT2D eigenvalue weighted by Crippen LogP contribution is -2.57. The van der Waals surface area contributed by atoms with Crippen LogP contribution in [0.25, 0.3) is 0 Å². The van der Waals surface area contributed by atoms with Gasteiger partial charge in [-0.05, 0) is 25.0 Å². The zero-order chi connectivity index (χ0) is 13.9. The molecule has 0 aliphatic carbocycles. The third-order valence-corrected chi connectivity index (χ3v) is 3.57.